The predicted octanol–water partition coefficient (Wildman–Crippen LogP) is -7.86. The van der Waals surface area contributed by atoms with Crippen molar-refractivity contribution in [2.24, 2.45) is 28.9 Å². The van der Waals surface area contributed by atoms with Crippen LogP contribution >= 0.6 is 0 Å². The smallest absolute Gasteiger partial charge is 0.187 e. The number of carbonyl (C=O) groups is 1. The highest BCUT2D eigenvalue weighted by Gasteiger charge is 2.54. The lowest BCUT2D eigenvalue weighted by Crippen LogP contribution is -2.64. The van der Waals surface area contributed by atoms with Gasteiger partial charge in [-0.15, -0.1) is 0 Å². The fraction of sp³-hybridized carbons (Fsp3) is 0.968. The van der Waals surface area contributed by atoms with Crippen LogP contribution in [0, 0.1) is 5.92 Å². The second-order valence-corrected chi connectivity index (χ2v) is 14.0. The highest BCUT2D eigenvalue weighted by molar-refractivity contribution is 5.83. The molecule has 4 aliphatic rings. The Labute approximate surface area is 301 Å². The van der Waals surface area contributed by atoms with Gasteiger partial charge in [-0.2, -0.15) is 0 Å². The molecule has 0 aromatic heterocycles. The Bertz CT molecular complexity index is 1100. The van der Waals surface area contributed by atoms with Gasteiger partial charge in [-0.05, 0) is 25.2 Å². The van der Waals surface area contributed by atoms with E-state index in [1.165, 1.54) is 0 Å². The van der Waals surface area contributed by atoms with Crippen LogP contribution < -0.4 is 28.3 Å². The third kappa shape index (κ3) is 9.99. The molecule has 0 aromatic rings. The Kier molecular flexibility index (Phi) is 16.5. The number of nitrogens with one attached hydrogen (secondary N) is 1. The van der Waals surface area contributed by atoms with E-state index in [1.807, 2.05) is 0 Å². The predicted molar refractivity (Wildman–Crippen MR) is 175 cm³/mol. The number of rotatable bonds is 17. The van der Waals surface area contributed by atoms with Gasteiger partial charge in [-0.1, -0.05) is 6.92 Å². The Morgan fingerprint density at radius 1 is 0.788 bits per heavy atom. The first-order valence-electron chi connectivity index (χ1n) is 17.8. The van der Waals surface area contributed by atoms with Crippen molar-refractivity contribution in [3.63, 3.8) is 0 Å². The standard InChI is InChI=1S/C31H59N5O16/c1-2-14(39)22(43)16(41)6-11-5-12(33)26(50-29-13(34)7-15(40)18(48-29)9-36-3-4-37)28(21(11)42)52-31-25(46)27(19(10-38)49-31)51-30-20(35)24(45)23(44)17(8-32)47-30/h11-15,17-31,36-40,42-46H,2-10,32-35H2,1H3/t11-,12-,13+,14-,15-,17-,18+,19+,20+,21-,22-,23+,24+,25+,26+,27+,28+,29+,30+,31-/m0/s1. The number of nitrogens with two attached hydrogens (primary N) is 4. The largest absolute Gasteiger partial charge is 0.395 e. The van der Waals surface area contributed by atoms with E-state index in [0.717, 1.165) is 0 Å². The van der Waals surface area contributed by atoms with Crippen molar-refractivity contribution in [2.45, 2.75) is 149 Å². The average Bonchev–Trinajstić information content (AvgIpc) is 3.42. The average molecular weight is 758 g/mol. The van der Waals surface area contributed by atoms with Gasteiger partial charge < -0.3 is 103 Å². The summed E-state index contributed by atoms with van der Waals surface area (Å²) >= 11 is 0. The molecule has 1 saturated carbocycles. The van der Waals surface area contributed by atoms with E-state index in [-0.39, 0.29) is 45.5 Å². The van der Waals surface area contributed by atoms with Crippen molar-refractivity contribution < 1.29 is 79.2 Å². The van der Waals surface area contributed by atoms with Gasteiger partial charge in [-0.25, -0.2) is 0 Å². The van der Waals surface area contributed by atoms with Crippen molar-refractivity contribution >= 4 is 5.78 Å². The van der Waals surface area contributed by atoms with Crippen molar-refractivity contribution in [1.29, 1.82) is 0 Å². The minimum atomic E-state index is -1.71. The summed E-state index contributed by atoms with van der Waals surface area (Å²) in [4.78, 5) is 12.9. The molecule has 1 aliphatic carbocycles. The number of aliphatic hydroxyl groups is 9. The Hall–Kier alpha value is -1.13. The van der Waals surface area contributed by atoms with E-state index in [0.29, 0.717) is 0 Å². The fourth-order valence-electron chi connectivity index (χ4n) is 7.10. The van der Waals surface area contributed by atoms with Crippen LogP contribution in [0.3, 0.4) is 0 Å². The number of ketones is 1. The Morgan fingerprint density at radius 3 is 2.06 bits per heavy atom. The van der Waals surface area contributed by atoms with E-state index in [9.17, 15) is 45.6 Å². The van der Waals surface area contributed by atoms with Crippen molar-refractivity contribution in [3.8, 4) is 0 Å². The maximum atomic E-state index is 12.9. The monoisotopic (exact) mass is 757 g/mol. The summed E-state index contributed by atoms with van der Waals surface area (Å²) in [5.74, 6) is -1.68. The molecular weight excluding hydrogens is 698 g/mol. The number of ether oxygens (including phenoxy) is 6. The van der Waals surface area contributed by atoms with Gasteiger partial charge in [0, 0.05) is 32.1 Å². The van der Waals surface area contributed by atoms with Gasteiger partial charge >= 0.3 is 0 Å². The lowest BCUT2D eigenvalue weighted by molar-refractivity contribution is -0.299. The summed E-state index contributed by atoms with van der Waals surface area (Å²) < 4.78 is 35.7. The molecule has 3 saturated heterocycles. The van der Waals surface area contributed by atoms with Crippen molar-refractivity contribution in [2.75, 3.05) is 32.8 Å². The molecule has 0 radical (unpaired) electrons. The molecular formula is C31H59N5O16. The summed E-state index contributed by atoms with van der Waals surface area (Å²) in [6, 6.07) is -3.13. The first-order chi connectivity index (χ1) is 24.7. The summed E-state index contributed by atoms with van der Waals surface area (Å²) in [7, 11) is 0. The van der Waals surface area contributed by atoms with Gasteiger partial charge in [0.2, 0.25) is 0 Å². The fourth-order valence-corrected chi connectivity index (χ4v) is 7.10. The minimum absolute atomic E-state index is 0.0229. The van der Waals surface area contributed by atoms with E-state index in [4.69, 9.17) is 56.5 Å². The van der Waals surface area contributed by atoms with Crippen LogP contribution in [0.15, 0.2) is 0 Å². The van der Waals surface area contributed by atoms with E-state index in [2.05, 4.69) is 5.32 Å². The molecule has 3 heterocycles. The zero-order chi connectivity index (χ0) is 38.4. The van der Waals surface area contributed by atoms with Gasteiger partial charge in [0.15, 0.2) is 24.7 Å². The molecule has 4 fully saturated rings. The minimum Gasteiger partial charge on any atom is -0.395 e. The molecule has 21 nitrogen and oxygen atoms in total. The molecule has 21 heteroatoms. The van der Waals surface area contributed by atoms with Crippen LogP contribution in [-0.2, 0) is 33.2 Å². The SMILES string of the molecule is CC[C@H](O)[C@H](O)C(=O)C[C@@H]1C[C@H](N)[C@@H](O[C@H]2O[C@H](CNCCO)[C@@H](O)C[C@H]2N)[C@H](O[C@@H]2O[C@H](CO)[C@@H](O[C@H]3O[C@@H](CN)[C@@H](O)[C@H](O)[C@H]3N)[C@H]2O)[C@H]1O. The second kappa shape index (κ2) is 19.6. The maximum Gasteiger partial charge on any atom is 0.187 e. The normalized spacial score (nSPS) is 45.5. The first-order valence-corrected chi connectivity index (χ1v) is 17.8. The molecule has 304 valence electrons. The molecule has 3 aliphatic heterocycles. The molecule has 0 spiro atoms. The van der Waals surface area contributed by atoms with Crippen LogP contribution in [0.2, 0.25) is 0 Å². The van der Waals surface area contributed by atoms with Crippen LogP contribution in [0.5, 0.6) is 0 Å². The van der Waals surface area contributed by atoms with Crippen LogP contribution in [0.4, 0.5) is 0 Å². The number of hydrogen-bond donors (Lipinski definition) is 14. The van der Waals surface area contributed by atoms with Crippen molar-refractivity contribution in [3.05, 3.63) is 0 Å². The summed E-state index contributed by atoms with van der Waals surface area (Å²) in [6.07, 6.45) is -21.8. The molecule has 0 amide bonds. The third-order valence-corrected chi connectivity index (χ3v) is 10.3. The van der Waals surface area contributed by atoms with E-state index < -0.39 is 141 Å². The Balaban J connectivity index is 1.56. The third-order valence-electron chi connectivity index (χ3n) is 10.3. The zero-order valence-corrected chi connectivity index (χ0v) is 29.1. The first kappa shape index (κ1) is 43.6. The summed E-state index contributed by atoms with van der Waals surface area (Å²) in [5, 5.41) is 96.9. The second-order valence-electron chi connectivity index (χ2n) is 14.0. The number of hydrogen-bond acceptors (Lipinski definition) is 21. The van der Waals surface area contributed by atoms with Gasteiger partial charge in [0.05, 0.1) is 49.7 Å². The number of Topliss-reactive ketones (excluding diaryl/α,β-unsaturated/α-hetero) is 1. The quantitative estimate of drug-likeness (QED) is 0.0613. The van der Waals surface area contributed by atoms with Gasteiger partial charge in [0.25, 0.3) is 0 Å². The van der Waals surface area contributed by atoms with E-state index in [1.54, 1.807) is 6.92 Å². The number of carbonyl (C=O) groups excluding carboxylic acids is 1. The molecule has 0 unspecified atom stereocenters. The highest BCUT2D eigenvalue weighted by Crippen LogP contribution is 2.37. The highest BCUT2D eigenvalue weighted by atomic mass is 16.8. The molecule has 0 aromatic carbocycles. The lowest BCUT2D eigenvalue weighted by Gasteiger charge is -2.47. The van der Waals surface area contributed by atoms with Crippen LogP contribution in [-0.4, -0.2) is 201 Å². The number of aliphatic hydroxyl groups excluding tert-OH is 9. The summed E-state index contributed by atoms with van der Waals surface area (Å²) in [6.45, 7) is 0.925. The van der Waals surface area contributed by atoms with Crippen LogP contribution in [0.1, 0.15) is 32.6 Å². The van der Waals surface area contributed by atoms with Gasteiger partial charge in [0.1, 0.15) is 54.9 Å². The maximum absolute atomic E-state index is 12.9. The molecule has 4 rings (SSSR count). The molecule has 18 N–H and O–H groups in total. The topological polar surface area (TPSA) is 371 Å². The van der Waals surface area contributed by atoms with Gasteiger partial charge in [-0.3, -0.25) is 4.79 Å². The molecule has 0 bridgehead atoms. The van der Waals surface area contributed by atoms with E-state index >= 15 is 0 Å². The lowest BCUT2D eigenvalue weighted by atomic mass is 9.76. The van der Waals surface area contributed by atoms with Crippen LogP contribution in [0.25, 0.3) is 0 Å². The summed E-state index contributed by atoms with van der Waals surface area (Å²) in [5.41, 5.74) is 24.6. The molecule has 20 atom stereocenters. The molecule has 52 heavy (non-hydrogen) atoms. The Morgan fingerprint density at radius 2 is 1.42 bits per heavy atom. The van der Waals surface area contributed by atoms with Crippen molar-refractivity contribution in [1.82, 2.24) is 5.32 Å². The zero-order valence-electron chi connectivity index (χ0n) is 29.1.